The maximum absolute atomic E-state index is 13.4. The van der Waals surface area contributed by atoms with Gasteiger partial charge in [0.25, 0.3) is 0 Å². The Morgan fingerprint density at radius 1 is 1.10 bits per heavy atom. The second-order valence-electron chi connectivity index (χ2n) is 8.84. The molecule has 1 aliphatic heterocycles. The van der Waals surface area contributed by atoms with Crippen molar-refractivity contribution in [2.45, 2.75) is 32.7 Å². The minimum absolute atomic E-state index is 0.115. The van der Waals surface area contributed by atoms with Crippen LogP contribution in [0.1, 0.15) is 38.3 Å². The number of carbonyl (C=O) groups excluding carboxylic acids is 1. The Bertz CT molecular complexity index is 1190. The average Bonchev–Trinajstić information content (AvgIpc) is 3.15. The maximum Gasteiger partial charge on any atom is 0.226 e. The Labute approximate surface area is 179 Å². The first-order chi connectivity index (χ1) is 14.8. The molecule has 1 atom stereocenters. The smallest absolute Gasteiger partial charge is 0.226 e. The number of benzene rings is 2. The van der Waals surface area contributed by atoms with Crippen molar-refractivity contribution in [1.82, 2.24) is 14.8 Å². The van der Waals surface area contributed by atoms with Gasteiger partial charge in [-0.1, -0.05) is 26.0 Å². The number of rotatable bonds is 3. The van der Waals surface area contributed by atoms with E-state index in [1.54, 1.807) is 23.9 Å². The van der Waals surface area contributed by atoms with Crippen molar-refractivity contribution in [3.8, 4) is 17.1 Å². The van der Waals surface area contributed by atoms with Crippen LogP contribution in [0, 0.1) is 11.2 Å². The molecular weight excluding hydrogens is 395 g/mol. The summed E-state index contributed by atoms with van der Waals surface area (Å²) in [4.78, 5) is 17.9. The highest BCUT2D eigenvalue weighted by molar-refractivity contribution is 6.00. The minimum Gasteiger partial charge on any atom is -0.497 e. The van der Waals surface area contributed by atoms with Crippen LogP contribution < -0.4 is 10.1 Å². The number of fused-ring (bicyclic) bond motifs is 1. The van der Waals surface area contributed by atoms with Crippen molar-refractivity contribution in [3.05, 3.63) is 71.2 Å². The first-order valence-electron chi connectivity index (χ1n) is 10.2. The fourth-order valence-corrected chi connectivity index (χ4v) is 4.42. The summed E-state index contributed by atoms with van der Waals surface area (Å²) < 4.78 is 20.4. The molecule has 158 valence electrons. The van der Waals surface area contributed by atoms with E-state index in [0.717, 1.165) is 29.0 Å². The predicted molar refractivity (Wildman–Crippen MR) is 115 cm³/mol. The molecule has 0 radical (unpaired) electrons. The number of nitrogens with zero attached hydrogens (tertiary/aromatic N) is 3. The lowest BCUT2D eigenvalue weighted by atomic mass is 9.73. The van der Waals surface area contributed by atoms with Crippen molar-refractivity contribution in [2.75, 3.05) is 12.4 Å². The van der Waals surface area contributed by atoms with Crippen LogP contribution in [0.2, 0.25) is 0 Å². The Morgan fingerprint density at radius 3 is 2.48 bits per heavy atom. The summed E-state index contributed by atoms with van der Waals surface area (Å²) in [5.74, 6) is 1.60. The molecule has 0 saturated heterocycles. The van der Waals surface area contributed by atoms with Gasteiger partial charge in [0.1, 0.15) is 17.6 Å². The summed E-state index contributed by atoms with van der Waals surface area (Å²) in [5.41, 5.74) is 3.14. The van der Waals surface area contributed by atoms with Gasteiger partial charge in [0, 0.05) is 23.3 Å². The number of carbonyl (C=O) groups is 1. The molecule has 1 aliphatic carbocycles. The Balaban J connectivity index is 1.66. The van der Waals surface area contributed by atoms with Crippen LogP contribution in [0.5, 0.6) is 5.75 Å². The molecule has 2 aliphatic rings. The molecule has 6 nitrogen and oxygen atoms in total. The highest BCUT2D eigenvalue weighted by atomic mass is 19.1. The number of ether oxygens (including phenoxy) is 1. The summed E-state index contributed by atoms with van der Waals surface area (Å²) in [6.45, 7) is 4.20. The molecule has 2 aromatic carbocycles. The number of hydrogen-bond donors (Lipinski definition) is 1. The third kappa shape index (κ3) is 3.40. The third-order valence-electron chi connectivity index (χ3n) is 5.87. The van der Waals surface area contributed by atoms with Gasteiger partial charge in [-0.15, -0.1) is 5.10 Å². The highest BCUT2D eigenvalue weighted by Crippen LogP contribution is 2.45. The molecule has 1 unspecified atom stereocenters. The number of allylic oxidation sites excluding steroid dienone is 2. The van der Waals surface area contributed by atoms with Crippen LogP contribution in [-0.2, 0) is 4.79 Å². The van der Waals surface area contributed by atoms with Crippen molar-refractivity contribution >= 4 is 11.7 Å². The van der Waals surface area contributed by atoms with E-state index in [9.17, 15) is 9.18 Å². The first-order valence-corrected chi connectivity index (χ1v) is 10.2. The van der Waals surface area contributed by atoms with Crippen molar-refractivity contribution in [2.24, 2.45) is 5.41 Å². The SMILES string of the molecule is COc1ccc(C2C3=C(CC(C)(C)CC3=O)Nc3nc(-c4ccc(F)cc4)nn32)cc1. The first kappa shape index (κ1) is 19.5. The molecule has 3 aromatic rings. The van der Waals surface area contributed by atoms with Gasteiger partial charge in [0.2, 0.25) is 5.95 Å². The lowest BCUT2D eigenvalue weighted by Crippen LogP contribution is -2.36. The van der Waals surface area contributed by atoms with E-state index in [-0.39, 0.29) is 23.1 Å². The molecule has 31 heavy (non-hydrogen) atoms. The number of Topliss-reactive ketones (excluding diaryl/α,β-unsaturated/α-hetero) is 1. The molecule has 5 rings (SSSR count). The molecule has 0 saturated carbocycles. The Hall–Kier alpha value is -3.48. The van der Waals surface area contributed by atoms with Crippen molar-refractivity contribution in [1.29, 1.82) is 0 Å². The van der Waals surface area contributed by atoms with Gasteiger partial charge in [0.05, 0.1) is 7.11 Å². The zero-order chi connectivity index (χ0) is 21.8. The Morgan fingerprint density at radius 2 is 1.81 bits per heavy atom. The van der Waals surface area contributed by atoms with Gasteiger partial charge in [0.15, 0.2) is 11.6 Å². The van der Waals surface area contributed by atoms with E-state index < -0.39 is 0 Å². The molecule has 0 bridgehead atoms. The lowest BCUT2D eigenvalue weighted by molar-refractivity contribution is -0.118. The highest BCUT2D eigenvalue weighted by Gasteiger charge is 2.41. The van der Waals surface area contributed by atoms with E-state index in [0.29, 0.717) is 23.8 Å². The van der Waals surface area contributed by atoms with E-state index in [1.165, 1.54) is 12.1 Å². The zero-order valence-corrected chi connectivity index (χ0v) is 17.6. The van der Waals surface area contributed by atoms with Gasteiger partial charge < -0.3 is 10.1 Å². The second kappa shape index (κ2) is 7.04. The molecule has 0 spiro atoms. The van der Waals surface area contributed by atoms with Crippen LogP contribution in [0.3, 0.4) is 0 Å². The molecule has 7 heteroatoms. The second-order valence-corrected chi connectivity index (χ2v) is 8.84. The zero-order valence-electron chi connectivity index (χ0n) is 17.6. The van der Waals surface area contributed by atoms with Crippen molar-refractivity contribution in [3.63, 3.8) is 0 Å². The fraction of sp³-hybridized carbons (Fsp3) is 0.292. The Kier molecular flexibility index (Phi) is 4.43. The number of aromatic nitrogens is 3. The number of ketones is 1. The van der Waals surface area contributed by atoms with E-state index in [1.807, 2.05) is 24.3 Å². The van der Waals surface area contributed by atoms with Crippen LogP contribution in [0.15, 0.2) is 59.8 Å². The van der Waals surface area contributed by atoms with Crippen molar-refractivity contribution < 1.29 is 13.9 Å². The molecule has 1 aromatic heterocycles. The number of hydrogen-bond acceptors (Lipinski definition) is 5. The molecule has 1 N–H and O–H groups in total. The maximum atomic E-state index is 13.4. The molecule has 0 amide bonds. The average molecular weight is 418 g/mol. The monoisotopic (exact) mass is 418 g/mol. The van der Waals surface area contributed by atoms with Gasteiger partial charge >= 0.3 is 0 Å². The van der Waals surface area contributed by atoms with E-state index >= 15 is 0 Å². The van der Waals surface area contributed by atoms with Crippen LogP contribution >= 0.6 is 0 Å². The molecule has 2 heterocycles. The standard InChI is InChI=1S/C24H23FN4O2/c1-24(2)12-18-20(19(30)13-24)21(14-6-10-17(31-3)11-7-14)29-23(26-18)27-22(28-29)15-4-8-16(25)9-5-15/h4-11,21H,12-13H2,1-3H3,(H,26,27,28). The number of halogens is 1. The summed E-state index contributed by atoms with van der Waals surface area (Å²) in [6.07, 6.45) is 1.23. The summed E-state index contributed by atoms with van der Waals surface area (Å²) >= 11 is 0. The predicted octanol–water partition coefficient (Wildman–Crippen LogP) is 4.75. The fourth-order valence-electron chi connectivity index (χ4n) is 4.42. The number of anilines is 1. The van der Waals surface area contributed by atoms with Gasteiger partial charge in [-0.2, -0.15) is 4.98 Å². The minimum atomic E-state index is -0.387. The molecule has 0 fully saturated rings. The third-order valence-corrected chi connectivity index (χ3v) is 5.87. The van der Waals surface area contributed by atoms with Crippen LogP contribution in [-0.4, -0.2) is 27.7 Å². The van der Waals surface area contributed by atoms with Gasteiger partial charge in [-0.25, -0.2) is 9.07 Å². The van der Waals surface area contributed by atoms with Gasteiger partial charge in [-0.3, -0.25) is 4.79 Å². The normalized spacial score (nSPS) is 19.5. The summed E-state index contributed by atoms with van der Waals surface area (Å²) in [6, 6.07) is 13.4. The van der Waals surface area contributed by atoms with Gasteiger partial charge in [-0.05, 0) is 53.8 Å². The lowest BCUT2D eigenvalue weighted by Gasteiger charge is -2.38. The van der Waals surface area contributed by atoms with Crippen LogP contribution in [0.25, 0.3) is 11.4 Å². The quantitative estimate of drug-likeness (QED) is 0.665. The topological polar surface area (TPSA) is 69.0 Å². The number of nitrogens with one attached hydrogen (secondary N) is 1. The summed E-state index contributed by atoms with van der Waals surface area (Å²) in [5, 5.41) is 8.07. The van der Waals surface area contributed by atoms with E-state index in [4.69, 9.17) is 9.84 Å². The van der Waals surface area contributed by atoms with E-state index in [2.05, 4.69) is 24.1 Å². The number of methoxy groups -OCH3 is 1. The van der Waals surface area contributed by atoms with Crippen LogP contribution in [0.4, 0.5) is 10.3 Å². The molecular formula is C24H23FN4O2. The largest absolute Gasteiger partial charge is 0.497 e. The summed E-state index contributed by atoms with van der Waals surface area (Å²) in [7, 11) is 1.62.